The minimum Gasteiger partial charge on any atom is -0.467 e. The minimum atomic E-state index is -0.632. The third-order valence-electron chi connectivity index (χ3n) is 1.48. The van der Waals surface area contributed by atoms with Gasteiger partial charge < -0.3 is 10.1 Å². The summed E-state index contributed by atoms with van der Waals surface area (Å²) in [6.45, 7) is 1.90. The molecule has 0 aliphatic rings. The Morgan fingerprint density at radius 1 is 1.54 bits per heavy atom. The highest BCUT2D eigenvalue weighted by atomic mass is 32.1. The fraction of sp³-hybridized carbons (Fsp3) is 0.750. The summed E-state index contributed by atoms with van der Waals surface area (Å²) in [5.41, 5.74) is 0. The molecule has 1 N–H and O–H groups in total. The second-order valence-corrected chi connectivity index (χ2v) is 2.94. The molecular formula is C8H15NO3S. The first-order chi connectivity index (χ1) is 6.15. The third-order valence-corrected chi connectivity index (χ3v) is 1.85. The number of esters is 1. The monoisotopic (exact) mass is 205 g/mol. The van der Waals surface area contributed by atoms with Gasteiger partial charge in [-0.3, -0.25) is 4.79 Å². The van der Waals surface area contributed by atoms with Crippen LogP contribution in [0.2, 0.25) is 0 Å². The average Bonchev–Trinajstić information content (AvgIpc) is 2.13. The quantitative estimate of drug-likeness (QED) is 0.504. The van der Waals surface area contributed by atoms with Gasteiger partial charge in [0.05, 0.1) is 7.11 Å². The van der Waals surface area contributed by atoms with Crippen molar-refractivity contribution in [3.05, 3.63) is 0 Å². The number of nitrogens with one attached hydrogen (secondary N) is 1. The molecule has 0 radical (unpaired) electrons. The summed E-state index contributed by atoms with van der Waals surface area (Å²) in [6, 6.07) is -0.632. The number of amides is 1. The van der Waals surface area contributed by atoms with Gasteiger partial charge in [-0.2, -0.15) is 12.6 Å². The Hall–Kier alpha value is -0.710. The summed E-state index contributed by atoms with van der Waals surface area (Å²) in [6.07, 6.45) is 1.17. The molecule has 0 heterocycles. The van der Waals surface area contributed by atoms with Crippen LogP contribution in [0, 0.1) is 0 Å². The largest absolute Gasteiger partial charge is 0.467 e. The maximum absolute atomic E-state index is 11.1. The molecule has 0 aromatic rings. The Morgan fingerprint density at radius 2 is 2.15 bits per heavy atom. The van der Waals surface area contributed by atoms with Crippen molar-refractivity contribution in [2.75, 3.05) is 12.9 Å². The summed E-state index contributed by atoms with van der Waals surface area (Å²) >= 11 is 3.94. The number of hydrogen-bond donors (Lipinski definition) is 2. The fourth-order valence-corrected chi connectivity index (χ4v) is 1.06. The van der Waals surface area contributed by atoms with Gasteiger partial charge in [-0.15, -0.1) is 0 Å². The molecular weight excluding hydrogens is 190 g/mol. The molecule has 0 fully saturated rings. The number of methoxy groups -OCH3 is 1. The van der Waals surface area contributed by atoms with Crippen LogP contribution in [0.25, 0.3) is 0 Å². The van der Waals surface area contributed by atoms with Crippen molar-refractivity contribution in [3.8, 4) is 0 Å². The van der Waals surface area contributed by atoms with Crippen LogP contribution in [-0.2, 0) is 14.3 Å². The van der Waals surface area contributed by atoms with E-state index in [0.717, 1.165) is 6.42 Å². The molecule has 0 spiro atoms. The highest BCUT2D eigenvalue weighted by molar-refractivity contribution is 7.80. The van der Waals surface area contributed by atoms with E-state index in [1.807, 2.05) is 6.92 Å². The maximum atomic E-state index is 11.1. The van der Waals surface area contributed by atoms with Crippen LogP contribution >= 0.6 is 12.6 Å². The number of hydrogen-bond acceptors (Lipinski definition) is 4. The molecule has 0 aromatic carbocycles. The molecule has 0 rings (SSSR count). The summed E-state index contributed by atoms with van der Waals surface area (Å²) in [4.78, 5) is 22.1. The average molecular weight is 205 g/mol. The molecule has 4 nitrogen and oxygen atoms in total. The number of rotatable bonds is 5. The van der Waals surface area contributed by atoms with E-state index < -0.39 is 12.0 Å². The number of ether oxygens (including phenoxy) is 1. The van der Waals surface area contributed by atoms with Crippen LogP contribution in [0.1, 0.15) is 19.8 Å². The van der Waals surface area contributed by atoms with Crippen LogP contribution in [0.5, 0.6) is 0 Å². The molecule has 5 heteroatoms. The van der Waals surface area contributed by atoms with E-state index in [2.05, 4.69) is 22.7 Å². The van der Waals surface area contributed by atoms with E-state index >= 15 is 0 Å². The summed E-state index contributed by atoms with van der Waals surface area (Å²) in [5.74, 6) is -0.353. The lowest BCUT2D eigenvalue weighted by molar-refractivity contribution is -0.144. The van der Waals surface area contributed by atoms with Crippen LogP contribution in [0.4, 0.5) is 0 Å². The van der Waals surface area contributed by atoms with Crippen molar-refractivity contribution in [2.24, 2.45) is 0 Å². The van der Waals surface area contributed by atoms with Crippen molar-refractivity contribution in [3.63, 3.8) is 0 Å². The topological polar surface area (TPSA) is 55.4 Å². The second-order valence-electron chi connectivity index (χ2n) is 2.58. The first-order valence-electron chi connectivity index (χ1n) is 4.13. The zero-order chi connectivity index (χ0) is 10.3. The van der Waals surface area contributed by atoms with Gasteiger partial charge in [0, 0.05) is 12.2 Å². The molecule has 76 valence electrons. The predicted molar refractivity (Wildman–Crippen MR) is 52.7 cm³/mol. The van der Waals surface area contributed by atoms with E-state index in [4.69, 9.17) is 0 Å². The Morgan fingerprint density at radius 3 is 2.54 bits per heavy atom. The standard InChI is InChI=1S/C8H15NO3S/c1-3-4-7(10)9-6(5-13)8(11)12-2/h6,13H,3-5H2,1-2H3,(H,9,10). The molecule has 0 bridgehead atoms. The normalized spacial score (nSPS) is 11.9. The van der Waals surface area contributed by atoms with Gasteiger partial charge in [-0.05, 0) is 6.42 Å². The van der Waals surface area contributed by atoms with Gasteiger partial charge in [0.2, 0.25) is 5.91 Å². The van der Waals surface area contributed by atoms with Gasteiger partial charge in [0.1, 0.15) is 6.04 Å². The molecule has 13 heavy (non-hydrogen) atoms. The van der Waals surface area contributed by atoms with Crippen LogP contribution < -0.4 is 5.32 Å². The van der Waals surface area contributed by atoms with Crippen molar-refractivity contribution in [2.45, 2.75) is 25.8 Å². The highest BCUT2D eigenvalue weighted by Crippen LogP contribution is 1.94. The third kappa shape index (κ3) is 4.77. The van der Waals surface area contributed by atoms with E-state index in [-0.39, 0.29) is 11.7 Å². The molecule has 0 saturated heterocycles. The molecule has 0 aromatic heterocycles. The van der Waals surface area contributed by atoms with Crippen molar-refractivity contribution >= 4 is 24.5 Å². The first-order valence-corrected chi connectivity index (χ1v) is 4.77. The van der Waals surface area contributed by atoms with Crippen molar-refractivity contribution in [1.29, 1.82) is 0 Å². The zero-order valence-electron chi connectivity index (χ0n) is 7.87. The van der Waals surface area contributed by atoms with E-state index in [9.17, 15) is 9.59 Å². The Balaban J connectivity index is 3.97. The van der Waals surface area contributed by atoms with Crippen LogP contribution in [-0.4, -0.2) is 30.8 Å². The second kappa shape index (κ2) is 6.77. The Kier molecular flexibility index (Phi) is 6.40. The summed E-state index contributed by atoms with van der Waals surface area (Å²) in [7, 11) is 1.28. The maximum Gasteiger partial charge on any atom is 0.329 e. The lowest BCUT2D eigenvalue weighted by Gasteiger charge is -2.13. The zero-order valence-corrected chi connectivity index (χ0v) is 8.77. The smallest absolute Gasteiger partial charge is 0.329 e. The highest BCUT2D eigenvalue weighted by Gasteiger charge is 2.18. The van der Waals surface area contributed by atoms with Gasteiger partial charge in [0.25, 0.3) is 0 Å². The summed E-state index contributed by atoms with van der Waals surface area (Å²) < 4.78 is 4.48. The Bertz CT molecular complexity index is 184. The van der Waals surface area contributed by atoms with Gasteiger partial charge in [-0.25, -0.2) is 4.79 Å². The Labute approximate surface area is 83.4 Å². The van der Waals surface area contributed by atoms with Crippen LogP contribution in [0.3, 0.4) is 0 Å². The first kappa shape index (κ1) is 12.3. The van der Waals surface area contributed by atoms with E-state index in [1.165, 1.54) is 7.11 Å². The lowest BCUT2D eigenvalue weighted by atomic mass is 10.3. The van der Waals surface area contributed by atoms with Gasteiger partial charge in [0.15, 0.2) is 0 Å². The van der Waals surface area contributed by atoms with Crippen molar-refractivity contribution < 1.29 is 14.3 Å². The molecule has 0 saturated carbocycles. The minimum absolute atomic E-state index is 0.146. The molecule has 1 unspecified atom stereocenters. The van der Waals surface area contributed by atoms with Gasteiger partial charge >= 0.3 is 5.97 Å². The number of thiol groups is 1. The SMILES string of the molecule is CCCC(=O)NC(CS)C(=O)OC. The summed E-state index contributed by atoms with van der Waals surface area (Å²) in [5, 5.41) is 2.53. The molecule has 0 aliphatic carbocycles. The predicted octanol–water partition coefficient (Wildman–Crippen LogP) is 0.374. The van der Waals surface area contributed by atoms with Crippen molar-refractivity contribution in [1.82, 2.24) is 5.32 Å². The van der Waals surface area contributed by atoms with Crippen LogP contribution in [0.15, 0.2) is 0 Å². The number of carbonyl (C=O) groups excluding carboxylic acids is 2. The molecule has 0 aliphatic heterocycles. The number of carbonyl (C=O) groups is 2. The molecule has 1 amide bonds. The van der Waals surface area contributed by atoms with E-state index in [0.29, 0.717) is 6.42 Å². The molecule has 1 atom stereocenters. The van der Waals surface area contributed by atoms with E-state index in [1.54, 1.807) is 0 Å². The lowest BCUT2D eigenvalue weighted by Crippen LogP contribution is -2.42. The fourth-order valence-electron chi connectivity index (χ4n) is 0.815. The van der Waals surface area contributed by atoms with Gasteiger partial charge in [-0.1, -0.05) is 6.92 Å².